The smallest absolute Gasteiger partial charge is 0.331 e. The minimum absolute atomic E-state index is 0.289. The Morgan fingerprint density at radius 1 is 1.03 bits per heavy atom. The van der Waals surface area contributed by atoms with E-state index in [1.165, 1.54) is 26.4 Å². The third kappa shape index (κ3) is 7.02. The van der Waals surface area contributed by atoms with Crippen LogP contribution < -0.4 is 4.74 Å². The molecule has 0 spiro atoms. The average molecular weight is 429 g/mol. The van der Waals surface area contributed by atoms with Gasteiger partial charge in [-0.05, 0) is 93.5 Å². The number of aryl methyl sites for hydroxylation is 1. The van der Waals surface area contributed by atoms with Gasteiger partial charge in [0.25, 0.3) is 0 Å². The molecule has 0 saturated heterocycles. The Morgan fingerprint density at radius 2 is 1.67 bits per heavy atom. The highest BCUT2D eigenvalue weighted by atomic mass is 32.1. The molecule has 2 rings (SSSR count). The number of thiophene rings is 1. The molecule has 0 amide bonds. The number of benzene rings is 1. The Labute approximate surface area is 186 Å². The molecular formula is C26H36O3S. The molecule has 0 fully saturated rings. The first-order valence-corrected chi connectivity index (χ1v) is 11.8. The molecule has 164 valence electrons. The lowest BCUT2D eigenvalue weighted by atomic mass is 9.97. The van der Waals surface area contributed by atoms with E-state index in [1.807, 2.05) is 50.3 Å². The Hall–Kier alpha value is -2.07. The van der Waals surface area contributed by atoms with Gasteiger partial charge in [0.2, 0.25) is 0 Å². The summed E-state index contributed by atoms with van der Waals surface area (Å²) >= 11 is 1.86. The fourth-order valence-corrected chi connectivity index (χ4v) is 4.69. The van der Waals surface area contributed by atoms with E-state index < -0.39 is 5.60 Å². The Bertz CT molecular complexity index is 838. The Balaban J connectivity index is 2.49. The summed E-state index contributed by atoms with van der Waals surface area (Å²) in [7, 11) is 1.69. The lowest BCUT2D eigenvalue weighted by Gasteiger charge is -2.18. The molecule has 1 aromatic heterocycles. The quantitative estimate of drug-likeness (QED) is 0.291. The molecule has 3 nitrogen and oxygen atoms in total. The van der Waals surface area contributed by atoms with Gasteiger partial charge in [0.1, 0.15) is 11.4 Å². The van der Waals surface area contributed by atoms with Crippen LogP contribution in [0.25, 0.3) is 16.5 Å². The Morgan fingerprint density at radius 3 is 2.23 bits per heavy atom. The van der Waals surface area contributed by atoms with Gasteiger partial charge in [0.05, 0.1) is 7.11 Å². The van der Waals surface area contributed by atoms with Crippen molar-refractivity contribution in [1.29, 1.82) is 0 Å². The summed E-state index contributed by atoms with van der Waals surface area (Å²) < 4.78 is 10.8. The number of carbonyl (C=O) groups is 1. The minimum atomic E-state index is -0.486. The van der Waals surface area contributed by atoms with E-state index in [0.717, 1.165) is 44.3 Å². The predicted molar refractivity (Wildman–Crippen MR) is 128 cm³/mol. The maximum atomic E-state index is 12.3. The van der Waals surface area contributed by atoms with Gasteiger partial charge in [0, 0.05) is 15.8 Å². The largest absolute Gasteiger partial charge is 0.497 e. The second kappa shape index (κ2) is 11.4. The standard InChI is InChI=1S/C26H36O3S/c1-7-9-11-22-21(17-18-24(27)29-26(3,4)5)23(12-10-8-2)30-25(22)19-13-15-20(28-6)16-14-19/h13-18H,7-12H2,1-6H3/b18-17+. The fourth-order valence-electron chi connectivity index (χ4n) is 3.31. The van der Waals surface area contributed by atoms with Gasteiger partial charge >= 0.3 is 5.97 Å². The fraction of sp³-hybridized carbons (Fsp3) is 0.500. The topological polar surface area (TPSA) is 35.5 Å². The molecule has 0 atom stereocenters. The van der Waals surface area contributed by atoms with Crippen LogP contribution in [0.3, 0.4) is 0 Å². The molecular weight excluding hydrogens is 392 g/mol. The highest BCUT2D eigenvalue weighted by Gasteiger charge is 2.19. The zero-order chi connectivity index (χ0) is 22.1. The van der Waals surface area contributed by atoms with Crippen LogP contribution in [0.2, 0.25) is 0 Å². The first-order valence-electron chi connectivity index (χ1n) is 11.0. The molecule has 0 aliphatic carbocycles. The van der Waals surface area contributed by atoms with Crippen LogP contribution in [-0.2, 0) is 22.4 Å². The van der Waals surface area contributed by atoms with E-state index >= 15 is 0 Å². The summed E-state index contributed by atoms with van der Waals surface area (Å²) in [6.07, 6.45) is 10.2. The average Bonchev–Trinajstić information content (AvgIpc) is 3.05. The summed E-state index contributed by atoms with van der Waals surface area (Å²) in [6.45, 7) is 10.1. The maximum absolute atomic E-state index is 12.3. The highest BCUT2D eigenvalue weighted by molar-refractivity contribution is 7.16. The highest BCUT2D eigenvalue weighted by Crippen LogP contribution is 2.40. The van der Waals surface area contributed by atoms with E-state index in [1.54, 1.807) is 13.2 Å². The van der Waals surface area contributed by atoms with Crippen molar-refractivity contribution >= 4 is 23.4 Å². The number of hydrogen-bond acceptors (Lipinski definition) is 4. The predicted octanol–water partition coefficient (Wildman–Crippen LogP) is 7.46. The minimum Gasteiger partial charge on any atom is -0.497 e. The van der Waals surface area contributed by atoms with Crippen molar-refractivity contribution in [2.75, 3.05) is 7.11 Å². The number of ether oxygens (including phenoxy) is 2. The molecule has 0 radical (unpaired) electrons. The molecule has 4 heteroatoms. The third-order valence-corrected chi connectivity index (χ3v) is 6.16. The molecule has 1 aromatic carbocycles. The van der Waals surface area contributed by atoms with Crippen molar-refractivity contribution in [3.8, 4) is 16.2 Å². The molecule has 0 saturated carbocycles. The lowest BCUT2D eigenvalue weighted by Crippen LogP contribution is -2.22. The van der Waals surface area contributed by atoms with Crippen molar-refractivity contribution in [1.82, 2.24) is 0 Å². The van der Waals surface area contributed by atoms with Crippen LogP contribution in [0.1, 0.15) is 76.3 Å². The van der Waals surface area contributed by atoms with Gasteiger partial charge in [-0.1, -0.05) is 26.7 Å². The summed E-state index contributed by atoms with van der Waals surface area (Å²) in [5.74, 6) is 0.573. The zero-order valence-electron chi connectivity index (χ0n) is 19.3. The second-order valence-electron chi connectivity index (χ2n) is 8.55. The van der Waals surface area contributed by atoms with Crippen molar-refractivity contribution in [3.63, 3.8) is 0 Å². The van der Waals surface area contributed by atoms with Crippen LogP contribution >= 0.6 is 11.3 Å². The Kier molecular flexibility index (Phi) is 9.16. The van der Waals surface area contributed by atoms with Gasteiger partial charge in [-0.2, -0.15) is 0 Å². The van der Waals surface area contributed by atoms with Crippen molar-refractivity contribution < 1.29 is 14.3 Å². The number of esters is 1. The number of carbonyl (C=O) groups excluding carboxylic acids is 1. The summed E-state index contributed by atoms with van der Waals surface area (Å²) in [6, 6.07) is 8.29. The monoisotopic (exact) mass is 428 g/mol. The van der Waals surface area contributed by atoms with Crippen molar-refractivity contribution in [2.24, 2.45) is 0 Å². The van der Waals surface area contributed by atoms with Crippen LogP contribution in [-0.4, -0.2) is 18.7 Å². The molecule has 0 bridgehead atoms. The molecule has 0 unspecified atom stereocenters. The zero-order valence-corrected chi connectivity index (χ0v) is 20.2. The van der Waals surface area contributed by atoms with E-state index in [-0.39, 0.29) is 5.97 Å². The van der Waals surface area contributed by atoms with Gasteiger partial charge in [-0.15, -0.1) is 11.3 Å². The first-order chi connectivity index (χ1) is 14.3. The van der Waals surface area contributed by atoms with Crippen LogP contribution in [0.15, 0.2) is 30.3 Å². The molecule has 0 N–H and O–H groups in total. The summed E-state index contributed by atoms with van der Waals surface area (Å²) in [4.78, 5) is 15.0. The molecule has 2 aromatic rings. The van der Waals surface area contributed by atoms with Gasteiger partial charge in [-0.25, -0.2) is 4.79 Å². The SMILES string of the molecule is CCCCc1sc(-c2ccc(OC)cc2)c(CCCC)c1/C=C/C(=O)OC(C)(C)C. The molecule has 30 heavy (non-hydrogen) atoms. The van der Waals surface area contributed by atoms with Crippen LogP contribution in [0, 0.1) is 0 Å². The third-order valence-electron chi connectivity index (χ3n) is 4.81. The van der Waals surface area contributed by atoms with E-state index in [4.69, 9.17) is 9.47 Å². The maximum Gasteiger partial charge on any atom is 0.331 e. The van der Waals surface area contributed by atoms with Gasteiger partial charge < -0.3 is 9.47 Å². The first kappa shape index (κ1) is 24.2. The van der Waals surface area contributed by atoms with Crippen LogP contribution in [0.5, 0.6) is 5.75 Å². The number of rotatable bonds is 10. The van der Waals surface area contributed by atoms with E-state index in [9.17, 15) is 4.79 Å². The molecule has 0 aliphatic rings. The normalized spacial score (nSPS) is 11.8. The van der Waals surface area contributed by atoms with E-state index in [0.29, 0.717) is 0 Å². The van der Waals surface area contributed by atoms with Gasteiger partial charge in [-0.3, -0.25) is 0 Å². The van der Waals surface area contributed by atoms with Crippen LogP contribution in [0.4, 0.5) is 0 Å². The summed E-state index contributed by atoms with van der Waals surface area (Å²) in [5, 5.41) is 0. The number of unbranched alkanes of at least 4 members (excludes halogenated alkanes) is 2. The lowest BCUT2D eigenvalue weighted by molar-refractivity contribution is -0.148. The molecule has 1 heterocycles. The van der Waals surface area contributed by atoms with E-state index in [2.05, 4.69) is 26.0 Å². The number of methoxy groups -OCH3 is 1. The molecule has 0 aliphatic heterocycles. The van der Waals surface area contributed by atoms with Gasteiger partial charge in [0.15, 0.2) is 0 Å². The summed E-state index contributed by atoms with van der Waals surface area (Å²) in [5.41, 5.74) is 3.28. The van der Waals surface area contributed by atoms with Crippen molar-refractivity contribution in [3.05, 3.63) is 46.3 Å². The second-order valence-corrected chi connectivity index (χ2v) is 9.65. The number of hydrogen-bond donors (Lipinski definition) is 0. The van der Waals surface area contributed by atoms with Crippen molar-refractivity contribution in [2.45, 2.75) is 78.7 Å².